The van der Waals surface area contributed by atoms with Crippen LogP contribution in [-0.2, 0) is 23.0 Å². The first-order chi connectivity index (χ1) is 13.5. The van der Waals surface area contributed by atoms with Gasteiger partial charge >= 0.3 is 0 Å². The van der Waals surface area contributed by atoms with E-state index in [9.17, 15) is 8.42 Å². The first kappa shape index (κ1) is 18.8. The van der Waals surface area contributed by atoms with Gasteiger partial charge in [-0.2, -0.15) is 0 Å². The lowest BCUT2D eigenvalue weighted by atomic mass is 9.99. The molecule has 1 aromatic carbocycles. The molecule has 1 aliphatic carbocycles. The summed E-state index contributed by atoms with van der Waals surface area (Å²) in [7, 11) is -3.25. The third kappa shape index (κ3) is 4.84. The van der Waals surface area contributed by atoms with E-state index in [2.05, 4.69) is 21.2 Å². The molecule has 1 aromatic heterocycles. The van der Waals surface area contributed by atoms with Crippen LogP contribution in [0.1, 0.15) is 24.0 Å². The van der Waals surface area contributed by atoms with Crippen molar-refractivity contribution >= 4 is 15.7 Å². The zero-order valence-electron chi connectivity index (χ0n) is 15.8. The molecule has 6 nitrogen and oxygen atoms in total. The monoisotopic (exact) mass is 399 g/mol. The number of hydrogen-bond donors (Lipinski definition) is 1. The normalized spacial score (nSPS) is 16.4. The van der Waals surface area contributed by atoms with Gasteiger partial charge in [-0.3, -0.25) is 9.71 Å². The summed E-state index contributed by atoms with van der Waals surface area (Å²) in [6, 6.07) is 9.53. The van der Waals surface area contributed by atoms with Crippen molar-refractivity contribution < 1.29 is 13.2 Å². The molecular weight excluding hydrogens is 374 g/mol. The van der Waals surface area contributed by atoms with Gasteiger partial charge in [-0.1, -0.05) is 12.6 Å². The van der Waals surface area contributed by atoms with E-state index in [1.165, 1.54) is 11.1 Å². The van der Waals surface area contributed by atoms with Crippen LogP contribution in [-0.4, -0.2) is 37.2 Å². The second kappa shape index (κ2) is 7.83. The Morgan fingerprint density at radius 1 is 1.29 bits per heavy atom. The Hall–Kier alpha value is -2.54. The quantitative estimate of drug-likeness (QED) is 0.738. The van der Waals surface area contributed by atoms with Gasteiger partial charge in [-0.15, -0.1) is 0 Å². The summed E-state index contributed by atoms with van der Waals surface area (Å²) in [5.41, 5.74) is 3.96. The van der Waals surface area contributed by atoms with Crippen molar-refractivity contribution in [1.82, 2.24) is 9.88 Å². The fourth-order valence-electron chi connectivity index (χ4n) is 3.39. The van der Waals surface area contributed by atoms with Gasteiger partial charge in [-0.25, -0.2) is 8.42 Å². The molecule has 0 unspecified atom stereocenters. The number of anilines is 1. The average molecular weight is 400 g/mol. The Labute approximate surface area is 166 Å². The summed E-state index contributed by atoms with van der Waals surface area (Å²) in [6.07, 6.45) is 6.29. The molecule has 148 valence electrons. The maximum atomic E-state index is 12.2. The number of nitrogens with one attached hydrogen (secondary N) is 1. The minimum absolute atomic E-state index is 0.231. The molecule has 2 aromatic rings. The van der Waals surface area contributed by atoms with Gasteiger partial charge < -0.3 is 9.64 Å². The molecular formula is C21H25N3O3S. The van der Waals surface area contributed by atoms with Crippen LogP contribution in [0.3, 0.4) is 0 Å². The molecule has 2 heterocycles. The molecule has 4 rings (SSSR count). The lowest BCUT2D eigenvalue weighted by molar-refractivity contribution is 0.254. The van der Waals surface area contributed by atoms with Gasteiger partial charge in [0.05, 0.1) is 11.9 Å². The fraction of sp³-hybridized carbons (Fsp3) is 0.381. The van der Waals surface area contributed by atoms with Gasteiger partial charge in [0.1, 0.15) is 12.4 Å². The maximum Gasteiger partial charge on any atom is 0.232 e. The molecule has 0 bridgehead atoms. The minimum Gasteiger partial charge on any atom is -0.486 e. The summed E-state index contributed by atoms with van der Waals surface area (Å²) in [4.78, 5) is 6.24. The summed E-state index contributed by atoms with van der Waals surface area (Å²) in [5, 5.41) is 0. The molecule has 1 saturated carbocycles. The predicted octanol–water partition coefficient (Wildman–Crippen LogP) is 3.18. The maximum absolute atomic E-state index is 12.2. The van der Waals surface area contributed by atoms with E-state index in [4.69, 9.17) is 4.74 Å². The lowest BCUT2D eigenvalue weighted by Gasteiger charge is -2.32. The third-order valence-corrected chi connectivity index (χ3v) is 6.59. The summed E-state index contributed by atoms with van der Waals surface area (Å²) < 4.78 is 32.9. The van der Waals surface area contributed by atoms with E-state index in [1.807, 2.05) is 30.3 Å². The Morgan fingerprint density at radius 2 is 2.14 bits per heavy atom. The predicted molar refractivity (Wildman–Crippen MR) is 110 cm³/mol. The minimum atomic E-state index is -3.25. The van der Waals surface area contributed by atoms with Crippen LogP contribution in [0.15, 0.2) is 55.0 Å². The van der Waals surface area contributed by atoms with Crippen molar-refractivity contribution in [2.24, 2.45) is 5.92 Å². The van der Waals surface area contributed by atoms with Gasteiger partial charge in [0.2, 0.25) is 10.0 Å². The molecule has 0 amide bonds. The van der Waals surface area contributed by atoms with Crippen molar-refractivity contribution in [3.8, 4) is 5.75 Å². The summed E-state index contributed by atoms with van der Waals surface area (Å²) in [5.74, 6) is 1.29. The van der Waals surface area contributed by atoms with E-state index in [0.717, 1.165) is 43.8 Å². The van der Waals surface area contributed by atoms with Crippen LogP contribution >= 0.6 is 0 Å². The molecule has 7 heteroatoms. The van der Waals surface area contributed by atoms with Gasteiger partial charge in [0, 0.05) is 30.7 Å². The van der Waals surface area contributed by atoms with Gasteiger partial charge in [0.15, 0.2) is 0 Å². The Morgan fingerprint density at radius 3 is 2.89 bits per heavy atom. The summed E-state index contributed by atoms with van der Waals surface area (Å²) in [6.45, 7) is 6.15. The smallest absolute Gasteiger partial charge is 0.232 e. The van der Waals surface area contributed by atoms with Crippen molar-refractivity contribution in [2.75, 3.05) is 23.6 Å². The standard InChI is InChI=1S/C21H25N3O3S/c1-16(14-27-21-3-2-9-22-12-21)24-10-8-18-11-20(7-6-19(18)13-24)23-28(25,26)15-17-4-5-17/h2-3,6-7,9,11-12,17,23H,1,4-5,8,10,13-15H2. The average Bonchev–Trinajstić information content (AvgIpc) is 3.49. The molecule has 2 aliphatic rings. The van der Waals surface area contributed by atoms with Gasteiger partial charge in [-0.05, 0) is 60.6 Å². The zero-order valence-corrected chi connectivity index (χ0v) is 16.6. The van der Waals surface area contributed by atoms with Crippen LogP contribution in [0.25, 0.3) is 0 Å². The topological polar surface area (TPSA) is 71.5 Å². The largest absolute Gasteiger partial charge is 0.486 e. The van der Waals surface area contributed by atoms with Crippen LogP contribution < -0.4 is 9.46 Å². The molecule has 1 fully saturated rings. The summed E-state index contributed by atoms with van der Waals surface area (Å²) >= 11 is 0. The molecule has 0 saturated heterocycles. The highest BCUT2D eigenvalue weighted by molar-refractivity contribution is 7.92. The van der Waals surface area contributed by atoms with E-state index in [1.54, 1.807) is 12.4 Å². The van der Waals surface area contributed by atoms with Crippen molar-refractivity contribution in [1.29, 1.82) is 0 Å². The number of hydrogen-bond acceptors (Lipinski definition) is 5. The van der Waals surface area contributed by atoms with E-state index in [0.29, 0.717) is 18.2 Å². The Kier molecular flexibility index (Phi) is 5.26. The van der Waals surface area contributed by atoms with E-state index < -0.39 is 10.0 Å². The van der Waals surface area contributed by atoms with Crippen LogP contribution in [0.4, 0.5) is 5.69 Å². The molecule has 1 aliphatic heterocycles. The highest BCUT2D eigenvalue weighted by atomic mass is 32.2. The first-order valence-corrected chi connectivity index (χ1v) is 11.2. The van der Waals surface area contributed by atoms with Gasteiger partial charge in [0.25, 0.3) is 0 Å². The zero-order chi connectivity index (χ0) is 19.6. The van der Waals surface area contributed by atoms with E-state index >= 15 is 0 Å². The number of sulfonamides is 1. The van der Waals surface area contributed by atoms with Crippen molar-refractivity contribution in [2.45, 2.75) is 25.8 Å². The first-order valence-electron chi connectivity index (χ1n) is 9.56. The van der Waals surface area contributed by atoms with Crippen LogP contribution in [0.5, 0.6) is 5.75 Å². The number of aromatic nitrogens is 1. The van der Waals surface area contributed by atoms with Crippen molar-refractivity contribution in [3.05, 3.63) is 66.1 Å². The SMILES string of the molecule is C=C(COc1cccnc1)N1CCc2cc(NS(=O)(=O)CC3CC3)ccc2C1. The Bertz CT molecular complexity index is 956. The Balaban J connectivity index is 1.35. The molecule has 28 heavy (non-hydrogen) atoms. The second-order valence-electron chi connectivity index (χ2n) is 7.53. The molecule has 0 atom stereocenters. The van der Waals surface area contributed by atoms with Crippen LogP contribution in [0.2, 0.25) is 0 Å². The van der Waals surface area contributed by atoms with E-state index in [-0.39, 0.29) is 5.75 Å². The number of rotatable bonds is 8. The molecule has 1 N–H and O–H groups in total. The highest BCUT2D eigenvalue weighted by Gasteiger charge is 2.28. The number of nitrogens with zero attached hydrogens (tertiary/aromatic N) is 2. The number of pyridine rings is 1. The molecule has 0 radical (unpaired) electrons. The number of fused-ring (bicyclic) bond motifs is 1. The number of benzene rings is 1. The van der Waals surface area contributed by atoms with Crippen molar-refractivity contribution in [3.63, 3.8) is 0 Å². The second-order valence-corrected chi connectivity index (χ2v) is 9.29. The number of ether oxygens (including phenoxy) is 1. The third-order valence-electron chi connectivity index (χ3n) is 5.13. The highest BCUT2D eigenvalue weighted by Crippen LogP contribution is 2.31. The fourth-order valence-corrected chi connectivity index (χ4v) is 4.92. The lowest BCUT2D eigenvalue weighted by Crippen LogP contribution is -2.31. The van der Waals surface area contributed by atoms with Crippen LogP contribution in [0, 0.1) is 5.92 Å². The molecule has 0 spiro atoms.